The molecule has 0 bridgehead atoms. The summed E-state index contributed by atoms with van der Waals surface area (Å²) >= 11 is -3.51. The van der Waals surface area contributed by atoms with Crippen LogP contribution in [0.4, 0.5) is 5.69 Å². The fourth-order valence-electron chi connectivity index (χ4n) is 1.18. The van der Waals surface area contributed by atoms with Crippen LogP contribution in [0.25, 0.3) is 0 Å². The summed E-state index contributed by atoms with van der Waals surface area (Å²) in [6.45, 7) is 3.18. The summed E-state index contributed by atoms with van der Waals surface area (Å²) in [6, 6.07) is 4.94. The van der Waals surface area contributed by atoms with Crippen molar-refractivity contribution in [2.24, 2.45) is 0 Å². The van der Waals surface area contributed by atoms with Crippen molar-refractivity contribution in [2.45, 2.75) is 13.8 Å². The van der Waals surface area contributed by atoms with Gasteiger partial charge in [0, 0.05) is 0 Å². The van der Waals surface area contributed by atoms with E-state index in [-0.39, 0.29) is 5.91 Å². The van der Waals surface area contributed by atoms with Crippen molar-refractivity contribution in [2.75, 3.05) is 5.32 Å². The number of carbonyl (C=O) groups is 1. The molecular weight excluding hydrogens is 292 g/mol. The van der Waals surface area contributed by atoms with Crippen LogP contribution in [0.15, 0.2) is 18.2 Å². The molecule has 0 aliphatic carbocycles. The zero-order valence-electron chi connectivity index (χ0n) is 8.00. The van der Waals surface area contributed by atoms with Crippen LogP contribution in [-0.4, -0.2) is 29.9 Å². The molecule has 1 rings (SSSR count). The van der Waals surface area contributed by atoms with Gasteiger partial charge in [0.25, 0.3) is 0 Å². The number of nitrogens with one attached hydrogen (secondary N) is 1. The molecule has 0 spiro atoms. The van der Waals surface area contributed by atoms with E-state index >= 15 is 0 Å². The molecule has 1 amide bonds. The molecule has 1 atom stereocenters. The number of aryl methyl sites for hydroxylation is 1. The van der Waals surface area contributed by atoms with Gasteiger partial charge in [-0.15, -0.1) is 0 Å². The van der Waals surface area contributed by atoms with Crippen LogP contribution in [0.2, 0.25) is 0 Å². The van der Waals surface area contributed by atoms with Gasteiger partial charge in [0.1, 0.15) is 0 Å². The van der Waals surface area contributed by atoms with Gasteiger partial charge in [-0.2, -0.15) is 0 Å². The minimum absolute atomic E-state index is 0.151. The van der Waals surface area contributed by atoms with Crippen LogP contribution in [0.1, 0.15) is 12.5 Å². The summed E-state index contributed by atoms with van der Waals surface area (Å²) < 4.78 is 20.5. The van der Waals surface area contributed by atoms with Crippen molar-refractivity contribution in [3.05, 3.63) is 23.8 Å². The third-order valence-corrected chi connectivity index (χ3v) is 4.69. The topological polar surface area (TPSA) is 66.4 Å². The SMILES string of the molecule is CC(=O)Nc1cc[c]([SbH](=[O])[OH])c(C)c1. The Labute approximate surface area is 89.9 Å². The summed E-state index contributed by atoms with van der Waals surface area (Å²) in [5.74, 6) is -0.151. The van der Waals surface area contributed by atoms with Crippen LogP contribution in [0, 0.1) is 6.92 Å². The van der Waals surface area contributed by atoms with E-state index < -0.39 is 20.6 Å². The van der Waals surface area contributed by atoms with Gasteiger partial charge in [0.15, 0.2) is 0 Å². The average molecular weight is 304 g/mol. The molecule has 0 heterocycles. The fraction of sp³-hybridized carbons (Fsp3) is 0.222. The summed E-state index contributed by atoms with van der Waals surface area (Å²) in [7, 11) is 0. The van der Waals surface area contributed by atoms with E-state index in [2.05, 4.69) is 5.32 Å². The van der Waals surface area contributed by atoms with Crippen molar-refractivity contribution in [1.82, 2.24) is 0 Å². The second kappa shape index (κ2) is 4.67. The van der Waals surface area contributed by atoms with E-state index in [0.29, 0.717) is 9.20 Å². The first-order valence-corrected chi connectivity index (χ1v) is 7.99. The Morgan fingerprint density at radius 2 is 2.14 bits per heavy atom. The Morgan fingerprint density at radius 3 is 2.57 bits per heavy atom. The molecule has 1 aromatic carbocycles. The number of benzene rings is 1. The van der Waals surface area contributed by atoms with Gasteiger partial charge in [0.2, 0.25) is 0 Å². The quantitative estimate of drug-likeness (QED) is 0.744. The van der Waals surface area contributed by atoms with E-state index in [0.717, 1.165) is 5.56 Å². The molecule has 0 saturated heterocycles. The van der Waals surface area contributed by atoms with E-state index in [1.165, 1.54) is 6.92 Å². The monoisotopic (exact) mass is 303 g/mol. The first kappa shape index (κ1) is 11.3. The Bertz CT molecular complexity index is 390. The van der Waals surface area contributed by atoms with Crippen molar-refractivity contribution in [3.8, 4) is 0 Å². The second-order valence-electron chi connectivity index (χ2n) is 3.02. The number of carbonyl (C=O) groups excluding carboxylic acids is 1. The molecule has 0 aromatic heterocycles. The van der Waals surface area contributed by atoms with Gasteiger partial charge in [-0.05, 0) is 0 Å². The molecule has 14 heavy (non-hydrogen) atoms. The second-order valence-corrected chi connectivity index (χ2v) is 6.30. The molecule has 0 saturated carbocycles. The molecule has 4 nitrogen and oxygen atoms in total. The zero-order chi connectivity index (χ0) is 10.7. The van der Waals surface area contributed by atoms with Crippen molar-refractivity contribution >= 4 is 35.7 Å². The fourth-order valence-corrected chi connectivity index (χ4v) is 3.00. The van der Waals surface area contributed by atoms with Crippen LogP contribution in [0.5, 0.6) is 0 Å². The van der Waals surface area contributed by atoms with Crippen molar-refractivity contribution in [1.29, 1.82) is 0 Å². The van der Waals surface area contributed by atoms with E-state index in [1.807, 2.05) is 0 Å². The molecule has 0 fully saturated rings. The van der Waals surface area contributed by atoms with Gasteiger partial charge < -0.3 is 0 Å². The summed E-state index contributed by atoms with van der Waals surface area (Å²) in [4.78, 5) is 10.7. The Kier molecular flexibility index (Phi) is 3.78. The number of hydrogen-bond acceptors (Lipinski definition) is 2. The van der Waals surface area contributed by atoms with Gasteiger partial charge in [-0.25, -0.2) is 0 Å². The third-order valence-electron chi connectivity index (χ3n) is 1.78. The molecule has 76 valence electrons. The van der Waals surface area contributed by atoms with E-state index in [4.69, 9.17) is 3.39 Å². The maximum absolute atomic E-state index is 10.9. The van der Waals surface area contributed by atoms with Crippen LogP contribution in [0.3, 0.4) is 0 Å². The Morgan fingerprint density at radius 1 is 1.50 bits per heavy atom. The molecule has 0 radical (unpaired) electrons. The summed E-state index contributed by atoms with van der Waals surface area (Å²) in [5, 5.41) is 2.61. The number of hydrogen-bond donors (Lipinski definition) is 2. The van der Waals surface area contributed by atoms with Crippen LogP contribution >= 0.6 is 0 Å². The number of anilines is 1. The van der Waals surface area contributed by atoms with Crippen molar-refractivity contribution in [3.63, 3.8) is 0 Å². The van der Waals surface area contributed by atoms with Gasteiger partial charge in [-0.1, -0.05) is 0 Å². The standard InChI is InChI=1S/C9H10NO.H2O.O.Sb.H/c1-7-4-3-5-9(6-7)10-8(2)11;;;;/h3,5-6H,1-2H3,(H,10,11);1H2;;;/q;;;+1;/p-1. The molecule has 0 aliphatic heterocycles. The molecule has 5 heteroatoms. The molecule has 1 aromatic rings. The first-order chi connectivity index (χ1) is 6.50. The third kappa shape index (κ3) is 2.89. The average Bonchev–Trinajstić information content (AvgIpc) is 2.01. The van der Waals surface area contributed by atoms with E-state index in [1.54, 1.807) is 25.1 Å². The molecule has 2 N–H and O–H groups in total. The number of rotatable bonds is 2. The van der Waals surface area contributed by atoms with Crippen LogP contribution in [-0.2, 0) is 7.81 Å². The predicted molar refractivity (Wildman–Crippen MR) is 55.2 cm³/mol. The zero-order valence-corrected chi connectivity index (χ0v) is 10.8. The maximum atomic E-state index is 10.9. The summed E-state index contributed by atoms with van der Waals surface area (Å²) in [5.41, 5.74) is 1.41. The van der Waals surface area contributed by atoms with Gasteiger partial charge in [-0.3, -0.25) is 0 Å². The van der Waals surface area contributed by atoms with Crippen molar-refractivity contribution < 1.29 is 11.2 Å². The summed E-state index contributed by atoms with van der Waals surface area (Å²) in [6.07, 6.45) is 0. The first-order valence-electron chi connectivity index (χ1n) is 4.12. The molecule has 1 unspecified atom stereocenters. The number of amides is 1. The van der Waals surface area contributed by atoms with Gasteiger partial charge >= 0.3 is 89.8 Å². The predicted octanol–water partition coefficient (Wildman–Crippen LogP) is -0.196. The molecule has 0 aliphatic rings. The van der Waals surface area contributed by atoms with Crippen LogP contribution < -0.4 is 8.83 Å². The molecular formula is C9H12NO3Sb. The Balaban J connectivity index is 3.00. The Hall–Kier alpha value is -0.732. The van der Waals surface area contributed by atoms with Gasteiger partial charge in [0.05, 0.1) is 0 Å². The normalized spacial score (nSPS) is 12.2. The van der Waals surface area contributed by atoms with E-state index in [9.17, 15) is 7.81 Å². The minimum atomic E-state index is -3.51.